The molecule has 0 aliphatic carbocycles. The van der Waals surface area contributed by atoms with Crippen LogP contribution in [0.1, 0.15) is 28.3 Å². The van der Waals surface area contributed by atoms with E-state index in [-0.39, 0.29) is 25.5 Å². The Morgan fingerprint density at radius 1 is 0.812 bits per heavy atom. The second kappa shape index (κ2) is 15.8. The number of urea groups is 1. The third kappa shape index (κ3) is 8.36. The van der Waals surface area contributed by atoms with E-state index in [4.69, 9.17) is 20.9 Å². The first-order valence-corrected chi connectivity index (χ1v) is 16.5. The molecule has 5 atom stereocenters. The molecule has 2 unspecified atom stereocenters. The van der Waals surface area contributed by atoms with Gasteiger partial charge in [0.1, 0.15) is 23.7 Å². The topological polar surface area (TPSA) is 164 Å². The zero-order valence-electron chi connectivity index (χ0n) is 26.7. The van der Waals surface area contributed by atoms with E-state index in [1.165, 1.54) is 0 Å². The molecule has 0 aromatic heterocycles. The first-order valence-electron chi connectivity index (χ1n) is 15.7. The molecular formula is C36H42N5O6P. The van der Waals surface area contributed by atoms with Crippen LogP contribution in [0.5, 0.6) is 11.5 Å². The molecule has 12 heteroatoms. The molecule has 1 aliphatic heterocycles. The van der Waals surface area contributed by atoms with Crippen molar-refractivity contribution >= 4 is 32.7 Å². The molecular weight excluding hydrogens is 629 g/mol. The Kier molecular flexibility index (Phi) is 11.4. The number of aliphatic hydroxyl groups excluding tert-OH is 2. The molecule has 7 N–H and O–H groups in total. The van der Waals surface area contributed by atoms with Gasteiger partial charge < -0.3 is 46.3 Å². The van der Waals surface area contributed by atoms with E-state index in [0.29, 0.717) is 41.1 Å². The molecule has 1 aliphatic rings. The lowest BCUT2D eigenvalue weighted by molar-refractivity contribution is -0.0418. The van der Waals surface area contributed by atoms with E-state index in [2.05, 4.69) is 14.6 Å². The van der Waals surface area contributed by atoms with Gasteiger partial charge in [0, 0.05) is 31.0 Å². The minimum atomic E-state index is -1.37. The number of ether oxygens (including phenoxy) is 2. The lowest BCUT2D eigenvalue weighted by Gasteiger charge is -2.36. The van der Waals surface area contributed by atoms with Crippen molar-refractivity contribution in [3.63, 3.8) is 0 Å². The fourth-order valence-corrected chi connectivity index (χ4v) is 6.14. The maximum Gasteiger partial charge on any atom is 0.412 e. The average Bonchev–Trinajstić information content (AvgIpc) is 3.14. The number of nitrogen functional groups attached to an aromatic ring is 2. The van der Waals surface area contributed by atoms with Crippen LogP contribution in [0.4, 0.5) is 21.0 Å². The zero-order chi connectivity index (χ0) is 34.2. The number of nitrogens with zero attached hydrogens (tertiary/aromatic N) is 2. The molecule has 1 fully saturated rings. The third-order valence-electron chi connectivity index (χ3n) is 8.35. The molecule has 4 aromatic rings. The van der Waals surface area contributed by atoms with Gasteiger partial charge in [-0.2, -0.15) is 0 Å². The normalized spacial score (nSPS) is 19.5. The van der Waals surface area contributed by atoms with E-state index in [1.54, 1.807) is 89.7 Å². The summed E-state index contributed by atoms with van der Waals surface area (Å²) in [5.41, 5.74) is 16.2. The molecule has 48 heavy (non-hydrogen) atoms. The van der Waals surface area contributed by atoms with Crippen LogP contribution in [0.3, 0.4) is 0 Å². The highest BCUT2D eigenvalue weighted by Gasteiger charge is 2.47. The Hall–Kier alpha value is -4.83. The summed E-state index contributed by atoms with van der Waals surface area (Å²) in [5, 5.41) is 26.6. The highest BCUT2D eigenvalue weighted by atomic mass is 31.0. The summed E-state index contributed by atoms with van der Waals surface area (Å²) in [4.78, 5) is 30.1. The number of anilines is 2. The summed E-state index contributed by atoms with van der Waals surface area (Å²) in [5.74, 6) is 0.966. The van der Waals surface area contributed by atoms with Crippen LogP contribution in [0.15, 0.2) is 97.1 Å². The monoisotopic (exact) mass is 671 g/mol. The van der Waals surface area contributed by atoms with Gasteiger partial charge in [0.05, 0.1) is 19.2 Å². The first-order chi connectivity index (χ1) is 23.2. The van der Waals surface area contributed by atoms with E-state index >= 15 is 0 Å². The summed E-state index contributed by atoms with van der Waals surface area (Å²) in [6.45, 7) is 0.708. The second-order valence-corrected chi connectivity index (χ2v) is 12.3. The maximum atomic E-state index is 14.9. The lowest BCUT2D eigenvalue weighted by Crippen LogP contribution is -2.50. The largest absolute Gasteiger partial charge is 0.497 e. The van der Waals surface area contributed by atoms with Crippen molar-refractivity contribution < 1.29 is 29.3 Å². The smallest absolute Gasteiger partial charge is 0.412 e. The Bertz CT molecular complexity index is 1690. The number of amides is 3. The van der Waals surface area contributed by atoms with Gasteiger partial charge in [-0.15, -0.1) is 9.24 Å². The third-order valence-corrected chi connectivity index (χ3v) is 8.64. The van der Waals surface area contributed by atoms with Crippen LogP contribution in [0.2, 0.25) is 0 Å². The van der Waals surface area contributed by atoms with Crippen molar-refractivity contribution in [1.82, 2.24) is 15.1 Å². The first kappa shape index (κ1) is 34.5. The van der Waals surface area contributed by atoms with Gasteiger partial charge in [-0.25, -0.2) is 9.59 Å². The standard InChI is InChI=1S/C36H42N5O6P/c1-46-29-14-10-26(11-15-29)32-34(43)33(42)31(20-23-8-12-30(13-9-23)47-35(44)39-16-17-48)40(21-24-4-2-6-27(37)18-24)36(45)41(32)22-25-5-3-7-28(38)19-25/h2-15,18-19,31-34,42-43H,16-17,20-22,37-38,48H2,1H3,(H,39,44)/t31-,32?,33+,34+/m1/s1. The number of nitrogens with two attached hydrogens (primary N) is 2. The molecule has 0 radical (unpaired) electrons. The molecule has 0 bridgehead atoms. The van der Waals surface area contributed by atoms with Gasteiger partial charge in [-0.05, 0) is 83.4 Å². The SMILES string of the molecule is COc1ccc(C2[C@H](O)[C@@H](O)[C@@H](Cc3ccc(OC(=O)NCCP)cc3)N(Cc3cccc(N)c3)C(=O)N2Cc2cccc(N)c2)cc1. The van der Waals surface area contributed by atoms with Crippen LogP contribution in [0.25, 0.3) is 0 Å². The second-order valence-electron chi connectivity index (χ2n) is 11.7. The molecule has 1 saturated heterocycles. The van der Waals surface area contributed by atoms with E-state index in [0.717, 1.165) is 16.7 Å². The predicted molar refractivity (Wildman–Crippen MR) is 188 cm³/mol. The Balaban J connectivity index is 1.55. The highest BCUT2D eigenvalue weighted by molar-refractivity contribution is 7.16. The summed E-state index contributed by atoms with van der Waals surface area (Å²) < 4.78 is 10.7. The van der Waals surface area contributed by atoms with Crippen molar-refractivity contribution in [2.75, 3.05) is 31.3 Å². The number of carbonyl (C=O) groups excluding carboxylic acids is 2. The minimum Gasteiger partial charge on any atom is -0.497 e. The Labute approximate surface area is 282 Å². The predicted octanol–water partition coefficient (Wildman–Crippen LogP) is 4.34. The lowest BCUT2D eigenvalue weighted by atomic mass is 9.90. The molecule has 11 nitrogen and oxygen atoms in total. The molecule has 3 amide bonds. The van der Waals surface area contributed by atoms with Gasteiger partial charge in [-0.3, -0.25) is 0 Å². The van der Waals surface area contributed by atoms with Crippen molar-refractivity contribution in [1.29, 1.82) is 0 Å². The maximum absolute atomic E-state index is 14.9. The number of nitrogens with one attached hydrogen (secondary N) is 1. The molecule has 4 aromatic carbocycles. The van der Waals surface area contributed by atoms with Gasteiger partial charge in [0.2, 0.25) is 0 Å². The number of benzene rings is 4. The van der Waals surface area contributed by atoms with Crippen molar-refractivity contribution in [3.05, 3.63) is 119 Å². The number of hydrogen-bond donors (Lipinski definition) is 5. The number of aliphatic hydroxyl groups is 2. The number of hydrogen-bond acceptors (Lipinski definition) is 8. The molecule has 252 valence electrons. The number of methoxy groups -OCH3 is 1. The van der Waals surface area contributed by atoms with Gasteiger partial charge >= 0.3 is 12.1 Å². The average molecular weight is 672 g/mol. The zero-order valence-corrected chi connectivity index (χ0v) is 27.9. The van der Waals surface area contributed by atoms with Gasteiger partial charge in [0.25, 0.3) is 0 Å². The number of carbonyl (C=O) groups is 2. The van der Waals surface area contributed by atoms with Crippen LogP contribution in [-0.2, 0) is 19.5 Å². The van der Waals surface area contributed by atoms with Crippen LogP contribution >= 0.6 is 9.24 Å². The fourth-order valence-electron chi connectivity index (χ4n) is 6.00. The molecule has 5 rings (SSSR count). The van der Waals surface area contributed by atoms with Gasteiger partial charge in [0.15, 0.2) is 0 Å². The van der Waals surface area contributed by atoms with Crippen molar-refractivity contribution in [3.8, 4) is 11.5 Å². The highest BCUT2D eigenvalue weighted by Crippen LogP contribution is 2.37. The van der Waals surface area contributed by atoms with Crippen LogP contribution in [-0.4, -0.2) is 70.2 Å². The molecule has 0 saturated carbocycles. The summed E-state index contributed by atoms with van der Waals surface area (Å²) in [6.07, 6.45) is -2.39. The quantitative estimate of drug-likeness (QED) is 0.116. The van der Waals surface area contributed by atoms with Gasteiger partial charge in [-0.1, -0.05) is 48.5 Å². The van der Waals surface area contributed by atoms with Crippen LogP contribution in [0, 0.1) is 0 Å². The van der Waals surface area contributed by atoms with Crippen molar-refractivity contribution in [2.24, 2.45) is 0 Å². The summed E-state index contributed by atoms with van der Waals surface area (Å²) in [6, 6.07) is 26.3. The molecule has 0 spiro atoms. The Morgan fingerprint density at radius 2 is 1.40 bits per heavy atom. The van der Waals surface area contributed by atoms with E-state index in [1.807, 2.05) is 24.3 Å². The summed E-state index contributed by atoms with van der Waals surface area (Å²) >= 11 is 0. The fraction of sp³-hybridized carbons (Fsp3) is 0.278. The summed E-state index contributed by atoms with van der Waals surface area (Å²) in [7, 11) is 4.09. The number of rotatable bonds is 11. The van der Waals surface area contributed by atoms with Crippen molar-refractivity contribution in [2.45, 2.75) is 43.8 Å². The van der Waals surface area contributed by atoms with Crippen LogP contribution < -0.4 is 26.3 Å². The van der Waals surface area contributed by atoms with E-state index in [9.17, 15) is 19.8 Å². The Morgan fingerprint density at radius 3 is 1.96 bits per heavy atom. The van der Waals surface area contributed by atoms with E-state index < -0.39 is 30.4 Å². The minimum absolute atomic E-state index is 0.120. The molecule has 1 heterocycles.